The van der Waals surface area contributed by atoms with Crippen molar-refractivity contribution in [3.63, 3.8) is 0 Å². The van der Waals surface area contributed by atoms with Gasteiger partial charge >= 0.3 is 0 Å². The number of halogens is 3. The van der Waals surface area contributed by atoms with Crippen LogP contribution in [0.5, 0.6) is 0 Å². The van der Waals surface area contributed by atoms with Crippen LogP contribution in [0.15, 0.2) is 51.4 Å². The van der Waals surface area contributed by atoms with Crippen LogP contribution in [0.2, 0.25) is 5.02 Å². The molecule has 0 saturated carbocycles. The fourth-order valence-electron chi connectivity index (χ4n) is 2.15. The van der Waals surface area contributed by atoms with Gasteiger partial charge in [-0.05, 0) is 34.1 Å². The second-order valence-electron chi connectivity index (χ2n) is 4.47. The lowest BCUT2D eigenvalue weighted by molar-refractivity contribution is 1.10. The van der Waals surface area contributed by atoms with Crippen molar-refractivity contribution in [3.05, 3.63) is 56.4 Å². The van der Waals surface area contributed by atoms with Crippen LogP contribution in [0.4, 0.5) is 5.82 Å². The molecule has 0 atom stereocenters. The number of hydrogen-bond donors (Lipinski definition) is 2. The Hall–Kier alpha value is -1.30. The van der Waals surface area contributed by atoms with Gasteiger partial charge in [0.1, 0.15) is 0 Å². The van der Waals surface area contributed by atoms with Crippen molar-refractivity contribution < 1.29 is 0 Å². The minimum absolute atomic E-state index is 0.455. The van der Waals surface area contributed by atoms with Gasteiger partial charge in [0, 0.05) is 20.1 Å². The number of nitrogens with two attached hydrogens (primary N) is 1. The second-order valence-corrected chi connectivity index (χ2v) is 6.58. The number of H-pyrrole nitrogens is 1. The largest absolute Gasteiger partial charge is 0.382 e. The van der Waals surface area contributed by atoms with Crippen LogP contribution in [-0.4, -0.2) is 10.2 Å². The van der Waals surface area contributed by atoms with Gasteiger partial charge in [0.05, 0.1) is 16.3 Å². The van der Waals surface area contributed by atoms with Crippen LogP contribution in [-0.2, 0) is 0 Å². The summed E-state index contributed by atoms with van der Waals surface area (Å²) in [6.07, 6.45) is 0. The molecule has 0 saturated heterocycles. The van der Waals surface area contributed by atoms with E-state index in [0.717, 1.165) is 31.3 Å². The number of aromatic amines is 1. The fraction of sp³-hybridized carbons (Fsp3) is 0. The minimum atomic E-state index is 0.455. The Morgan fingerprint density at radius 2 is 1.81 bits per heavy atom. The molecule has 0 aliphatic heterocycles. The Morgan fingerprint density at radius 3 is 2.52 bits per heavy atom. The monoisotopic (exact) mass is 425 g/mol. The molecule has 106 valence electrons. The van der Waals surface area contributed by atoms with E-state index in [1.165, 1.54) is 0 Å². The lowest BCUT2D eigenvalue weighted by Gasteiger charge is -2.08. The van der Waals surface area contributed by atoms with Crippen LogP contribution < -0.4 is 5.73 Å². The number of anilines is 1. The van der Waals surface area contributed by atoms with Gasteiger partial charge in [0.25, 0.3) is 0 Å². The Kier molecular flexibility index (Phi) is 4.06. The van der Waals surface area contributed by atoms with Crippen LogP contribution >= 0.6 is 43.5 Å². The van der Waals surface area contributed by atoms with E-state index in [1.54, 1.807) is 0 Å². The standard InChI is InChI=1S/C15H10Br2ClN3/c16-10-4-2-1-3-9(10)13-14(20-21-15(13)19)8-5-6-11(17)12(18)7-8/h1-7H,(H3,19,20,21). The van der Waals surface area contributed by atoms with Gasteiger partial charge in [-0.3, -0.25) is 5.10 Å². The molecular formula is C15H10Br2ClN3. The van der Waals surface area contributed by atoms with E-state index in [9.17, 15) is 0 Å². The summed E-state index contributed by atoms with van der Waals surface area (Å²) in [4.78, 5) is 0. The third-order valence-corrected chi connectivity index (χ3v) is 5.07. The first-order valence-electron chi connectivity index (χ1n) is 6.12. The summed E-state index contributed by atoms with van der Waals surface area (Å²) in [5.41, 5.74) is 9.66. The maximum absolute atomic E-state index is 6.18. The molecule has 1 aromatic heterocycles. The highest BCUT2D eigenvalue weighted by molar-refractivity contribution is 9.11. The maximum atomic E-state index is 6.18. The summed E-state index contributed by atoms with van der Waals surface area (Å²) < 4.78 is 1.81. The van der Waals surface area contributed by atoms with Gasteiger partial charge < -0.3 is 5.73 Å². The third-order valence-electron chi connectivity index (χ3n) is 3.15. The van der Waals surface area contributed by atoms with Crippen molar-refractivity contribution in [2.24, 2.45) is 0 Å². The van der Waals surface area contributed by atoms with E-state index in [0.29, 0.717) is 10.8 Å². The molecule has 0 aliphatic carbocycles. The Labute approximate surface area is 143 Å². The van der Waals surface area contributed by atoms with Crippen LogP contribution in [0.1, 0.15) is 0 Å². The molecule has 0 fully saturated rings. The molecule has 3 N–H and O–H groups in total. The molecular weight excluding hydrogens is 417 g/mol. The summed E-state index contributed by atoms with van der Waals surface area (Å²) in [5, 5.41) is 7.77. The Morgan fingerprint density at radius 1 is 1.05 bits per heavy atom. The number of aromatic nitrogens is 2. The topological polar surface area (TPSA) is 54.7 Å². The SMILES string of the molecule is Nc1n[nH]c(-c2ccc(Br)c(Cl)c2)c1-c1ccccc1Br. The second kappa shape index (κ2) is 5.83. The van der Waals surface area contributed by atoms with E-state index in [4.69, 9.17) is 17.3 Å². The van der Waals surface area contributed by atoms with Gasteiger partial charge in [-0.15, -0.1) is 0 Å². The molecule has 3 aromatic rings. The van der Waals surface area contributed by atoms with E-state index in [-0.39, 0.29) is 0 Å². The lowest BCUT2D eigenvalue weighted by atomic mass is 10.0. The maximum Gasteiger partial charge on any atom is 0.153 e. The molecule has 0 aliphatic rings. The van der Waals surface area contributed by atoms with Gasteiger partial charge in [-0.2, -0.15) is 5.10 Å². The average Bonchev–Trinajstić information content (AvgIpc) is 2.84. The number of benzene rings is 2. The Bertz CT molecular complexity index is 814. The van der Waals surface area contributed by atoms with Crippen molar-refractivity contribution in [2.45, 2.75) is 0 Å². The van der Waals surface area contributed by atoms with E-state index in [2.05, 4.69) is 42.1 Å². The first kappa shape index (κ1) is 14.6. The van der Waals surface area contributed by atoms with Gasteiger partial charge in [-0.1, -0.05) is 51.8 Å². The van der Waals surface area contributed by atoms with Gasteiger partial charge in [0.15, 0.2) is 5.82 Å². The normalized spacial score (nSPS) is 10.8. The predicted molar refractivity (Wildman–Crippen MR) is 94.3 cm³/mol. The molecule has 0 amide bonds. The smallest absolute Gasteiger partial charge is 0.153 e. The summed E-state index contributed by atoms with van der Waals surface area (Å²) in [6, 6.07) is 13.6. The van der Waals surface area contributed by atoms with Crippen LogP contribution in [0.3, 0.4) is 0 Å². The zero-order valence-electron chi connectivity index (χ0n) is 10.7. The lowest BCUT2D eigenvalue weighted by Crippen LogP contribution is -1.89. The predicted octanol–water partition coefficient (Wildman–Crippen LogP) is 5.50. The number of nitrogen functional groups attached to an aromatic ring is 1. The molecule has 0 unspecified atom stereocenters. The molecule has 21 heavy (non-hydrogen) atoms. The van der Waals surface area contributed by atoms with Crippen molar-refractivity contribution in [3.8, 4) is 22.4 Å². The highest BCUT2D eigenvalue weighted by atomic mass is 79.9. The summed E-state index contributed by atoms with van der Waals surface area (Å²) in [7, 11) is 0. The first-order chi connectivity index (χ1) is 10.1. The summed E-state index contributed by atoms with van der Waals surface area (Å²) in [5.74, 6) is 0.455. The van der Waals surface area contributed by atoms with Gasteiger partial charge in [0.2, 0.25) is 0 Å². The number of rotatable bonds is 2. The summed E-state index contributed by atoms with van der Waals surface area (Å²) in [6.45, 7) is 0. The quantitative estimate of drug-likeness (QED) is 0.567. The molecule has 0 spiro atoms. The van der Waals surface area contributed by atoms with E-state index in [1.807, 2.05) is 42.5 Å². The molecule has 0 bridgehead atoms. The molecule has 6 heteroatoms. The van der Waals surface area contributed by atoms with Crippen molar-refractivity contribution in [2.75, 3.05) is 5.73 Å². The Balaban J connectivity index is 2.22. The molecule has 2 aromatic carbocycles. The molecule has 0 radical (unpaired) electrons. The molecule has 3 nitrogen and oxygen atoms in total. The average molecular weight is 428 g/mol. The zero-order valence-corrected chi connectivity index (χ0v) is 14.6. The first-order valence-corrected chi connectivity index (χ1v) is 8.08. The third kappa shape index (κ3) is 2.73. The highest BCUT2D eigenvalue weighted by Crippen LogP contribution is 2.39. The van der Waals surface area contributed by atoms with Crippen molar-refractivity contribution >= 4 is 49.3 Å². The summed E-state index contributed by atoms with van der Waals surface area (Å²) >= 11 is 13.1. The minimum Gasteiger partial charge on any atom is -0.382 e. The number of nitrogens with one attached hydrogen (secondary N) is 1. The fourth-order valence-corrected chi connectivity index (χ4v) is 3.06. The van der Waals surface area contributed by atoms with Crippen LogP contribution in [0.25, 0.3) is 22.4 Å². The number of hydrogen-bond acceptors (Lipinski definition) is 2. The number of nitrogens with zero attached hydrogens (tertiary/aromatic N) is 1. The highest BCUT2D eigenvalue weighted by Gasteiger charge is 2.17. The molecule has 3 rings (SSSR count). The van der Waals surface area contributed by atoms with E-state index < -0.39 is 0 Å². The van der Waals surface area contributed by atoms with Crippen LogP contribution in [0, 0.1) is 0 Å². The van der Waals surface area contributed by atoms with E-state index >= 15 is 0 Å². The molecule has 1 heterocycles. The van der Waals surface area contributed by atoms with Crippen molar-refractivity contribution in [1.82, 2.24) is 10.2 Å². The zero-order chi connectivity index (χ0) is 15.0. The van der Waals surface area contributed by atoms with Gasteiger partial charge in [-0.25, -0.2) is 0 Å². The van der Waals surface area contributed by atoms with Crippen molar-refractivity contribution in [1.29, 1.82) is 0 Å².